The van der Waals surface area contributed by atoms with E-state index in [1.165, 1.54) is 0 Å². The van der Waals surface area contributed by atoms with Crippen molar-refractivity contribution >= 4 is 11.8 Å². The summed E-state index contributed by atoms with van der Waals surface area (Å²) in [5.41, 5.74) is 1.07. The van der Waals surface area contributed by atoms with Crippen LogP contribution in [0.2, 0.25) is 0 Å². The summed E-state index contributed by atoms with van der Waals surface area (Å²) in [6.07, 6.45) is 0.560. The zero-order chi connectivity index (χ0) is 16.4. The Morgan fingerprint density at radius 1 is 1.17 bits per heavy atom. The van der Waals surface area contributed by atoms with Gasteiger partial charge in [-0.05, 0) is 11.5 Å². The lowest BCUT2D eigenvalue weighted by molar-refractivity contribution is -0.153. The molecule has 0 aromatic heterocycles. The maximum atomic E-state index is 12.7. The van der Waals surface area contributed by atoms with E-state index in [1.807, 2.05) is 30.3 Å². The van der Waals surface area contributed by atoms with Gasteiger partial charge in [0.25, 0.3) is 0 Å². The fourth-order valence-corrected chi connectivity index (χ4v) is 3.53. The van der Waals surface area contributed by atoms with Gasteiger partial charge in [-0.25, -0.2) is 0 Å². The first kappa shape index (κ1) is 16.0. The molecule has 2 amide bonds. The highest BCUT2D eigenvalue weighted by Crippen LogP contribution is 2.19. The van der Waals surface area contributed by atoms with E-state index >= 15 is 0 Å². The molecule has 1 aromatic carbocycles. The van der Waals surface area contributed by atoms with Crippen LogP contribution in [0.4, 0.5) is 0 Å². The first-order valence-corrected chi connectivity index (χ1v) is 8.41. The Bertz CT molecular complexity index is 573. The predicted molar refractivity (Wildman–Crippen MR) is 88.9 cm³/mol. The van der Waals surface area contributed by atoms with Gasteiger partial charge in [0.15, 0.2) is 0 Å². The summed E-state index contributed by atoms with van der Waals surface area (Å²) in [6, 6.07) is 9.09. The van der Waals surface area contributed by atoms with E-state index in [-0.39, 0.29) is 17.9 Å². The van der Waals surface area contributed by atoms with Gasteiger partial charge in [0.2, 0.25) is 11.8 Å². The van der Waals surface area contributed by atoms with Crippen LogP contribution in [-0.2, 0) is 16.0 Å². The lowest BCUT2D eigenvalue weighted by Gasteiger charge is -2.45. The van der Waals surface area contributed by atoms with Crippen LogP contribution in [0.25, 0.3) is 0 Å². The van der Waals surface area contributed by atoms with Crippen LogP contribution in [0.15, 0.2) is 30.3 Å². The lowest BCUT2D eigenvalue weighted by atomic mass is 9.98. The molecule has 2 aliphatic rings. The number of nitrogens with one attached hydrogen (secondary N) is 1. The smallest absolute Gasteiger partial charge is 0.246 e. The summed E-state index contributed by atoms with van der Waals surface area (Å²) in [4.78, 5) is 29.3. The van der Waals surface area contributed by atoms with Crippen molar-refractivity contribution in [3.05, 3.63) is 35.9 Å². The molecule has 2 saturated heterocycles. The molecule has 2 fully saturated rings. The van der Waals surface area contributed by atoms with Crippen LogP contribution in [0.1, 0.15) is 19.4 Å². The maximum absolute atomic E-state index is 12.7. The number of carbonyl (C=O) groups excluding carboxylic acids is 2. The van der Waals surface area contributed by atoms with Gasteiger partial charge in [0.05, 0.1) is 0 Å². The summed E-state index contributed by atoms with van der Waals surface area (Å²) in [6.45, 7) is 7.47. The average Bonchev–Trinajstić information content (AvgIpc) is 2.53. The van der Waals surface area contributed by atoms with Crippen LogP contribution in [0.5, 0.6) is 0 Å². The van der Waals surface area contributed by atoms with Gasteiger partial charge in [0, 0.05) is 32.6 Å². The van der Waals surface area contributed by atoms with E-state index in [0.29, 0.717) is 25.4 Å². The van der Waals surface area contributed by atoms with Gasteiger partial charge in [-0.1, -0.05) is 44.2 Å². The molecule has 3 rings (SSSR count). The molecule has 0 spiro atoms. The number of hydrogen-bond donors (Lipinski definition) is 1. The molecule has 5 nitrogen and oxygen atoms in total. The van der Waals surface area contributed by atoms with E-state index in [0.717, 1.165) is 18.7 Å². The minimum atomic E-state index is -0.433. The normalized spacial score (nSPS) is 25.4. The van der Waals surface area contributed by atoms with Crippen LogP contribution < -0.4 is 5.32 Å². The molecule has 124 valence electrons. The summed E-state index contributed by atoms with van der Waals surface area (Å²) >= 11 is 0. The molecule has 2 aliphatic heterocycles. The van der Waals surface area contributed by atoms with Crippen molar-refractivity contribution in [3.63, 3.8) is 0 Å². The Morgan fingerprint density at radius 3 is 2.61 bits per heavy atom. The van der Waals surface area contributed by atoms with E-state index in [4.69, 9.17) is 0 Å². The minimum Gasteiger partial charge on any atom is -0.342 e. The zero-order valence-electron chi connectivity index (χ0n) is 13.9. The Morgan fingerprint density at radius 2 is 1.91 bits per heavy atom. The molecule has 0 aliphatic carbocycles. The number of carbonyl (C=O) groups is 2. The highest BCUT2D eigenvalue weighted by Gasteiger charge is 2.43. The number of piperazine rings is 2. The number of fused-ring (bicyclic) bond motifs is 1. The molecular formula is C18H25N3O2. The van der Waals surface area contributed by atoms with E-state index in [1.54, 1.807) is 4.90 Å². The highest BCUT2D eigenvalue weighted by molar-refractivity contribution is 5.97. The fraction of sp³-hybridized carbons (Fsp3) is 0.556. The Labute approximate surface area is 137 Å². The van der Waals surface area contributed by atoms with Crippen LogP contribution in [0.3, 0.4) is 0 Å². The second-order valence-electron chi connectivity index (χ2n) is 6.95. The van der Waals surface area contributed by atoms with Gasteiger partial charge >= 0.3 is 0 Å². The van der Waals surface area contributed by atoms with Crippen molar-refractivity contribution in [2.45, 2.75) is 32.4 Å². The van der Waals surface area contributed by atoms with Crippen molar-refractivity contribution < 1.29 is 9.59 Å². The first-order chi connectivity index (χ1) is 11.0. The highest BCUT2D eigenvalue weighted by atomic mass is 16.2. The van der Waals surface area contributed by atoms with E-state index < -0.39 is 6.04 Å². The Kier molecular flexibility index (Phi) is 4.66. The molecule has 0 bridgehead atoms. The number of benzene rings is 1. The van der Waals surface area contributed by atoms with Gasteiger partial charge in [0.1, 0.15) is 12.1 Å². The first-order valence-electron chi connectivity index (χ1n) is 8.41. The molecule has 2 heterocycles. The monoisotopic (exact) mass is 315 g/mol. The Hall–Kier alpha value is -1.88. The standard InChI is InChI=1S/C18H25N3O2/c1-13(2)11-20-8-9-21-16(12-20)17(22)19-15(18(21)23)10-14-6-4-3-5-7-14/h3-7,13,15-16H,8-12H2,1-2H3,(H,19,22)/t15-,16+/m0/s1. The van der Waals surface area contributed by atoms with Crippen molar-refractivity contribution in [1.82, 2.24) is 15.1 Å². The number of amides is 2. The summed E-state index contributed by atoms with van der Waals surface area (Å²) < 4.78 is 0. The number of rotatable bonds is 4. The minimum absolute atomic E-state index is 0.0148. The molecule has 1 aromatic rings. The summed E-state index contributed by atoms with van der Waals surface area (Å²) in [5.74, 6) is 0.608. The van der Waals surface area contributed by atoms with Crippen molar-refractivity contribution in [2.24, 2.45) is 5.92 Å². The molecule has 1 N–H and O–H groups in total. The lowest BCUT2D eigenvalue weighted by Crippen LogP contribution is -2.69. The molecule has 0 radical (unpaired) electrons. The second kappa shape index (κ2) is 6.71. The third-order valence-electron chi connectivity index (χ3n) is 4.57. The van der Waals surface area contributed by atoms with Crippen LogP contribution >= 0.6 is 0 Å². The largest absolute Gasteiger partial charge is 0.342 e. The molecule has 2 atom stereocenters. The summed E-state index contributed by atoms with van der Waals surface area (Å²) in [5, 5.41) is 2.93. The number of hydrogen-bond acceptors (Lipinski definition) is 3. The molecule has 0 unspecified atom stereocenters. The quantitative estimate of drug-likeness (QED) is 0.898. The van der Waals surface area contributed by atoms with Crippen molar-refractivity contribution in [1.29, 1.82) is 0 Å². The van der Waals surface area contributed by atoms with Crippen molar-refractivity contribution in [3.8, 4) is 0 Å². The molecule has 0 saturated carbocycles. The van der Waals surface area contributed by atoms with Crippen LogP contribution in [0, 0.1) is 5.92 Å². The zero-order valence-corrected chi connectivity index (χ0v) is 13.9. The molecular weight excluding hydrogens is 290 g/mol. The average molecular weight is 315 g/mol. The topological polar surface area (TPSA) is 52.6 Å². The maximum Gasteiger partial charge on any atom is 0.246 e. The van der Waals surface area contributed by atoms with Gasteiger partial charge in [-0.2, -0.15) is 0 Å². The molecule has 5 heteroatoms. The Balaban J connectivity index is 1.68. The second-order valence-corrected chi connectivity index (χ2v) is 6.95. The van der Waals surface area contributed by atoms with E-state index in [9.17, 15) is 9.59 Å². The fourth-order valence-electron chi connectivity index (χ4n) is 3.53. The van der Waals surface area contributed by atoms with Crippen molar-refractivity contribution in [2.75, 3.05) is 26.2 Å². The third-order valence-corrected chi connectivity index (χ3v) is 4.57. The predicted octanol–water partition coefficient (Wildman–Crippen LogP) is 0.896. The van der Waals surface area contributed by atoms with Gasteiger partial charge < -0.3 is 10.2 Å². The number of nitrogens with zero attached hydrogens (tertiary/aromatic N) is 2. The molecule has 23 heavy (non-hydrogen) atoms. The third kappa shape index (κ3) is 3.55. The van der Waals surface area contributed by atoms with Crippen LogP contribution in [-0.4, -0.2) is 59.9 Å². The van der Waals surface area contributed by atoms with Gasteiger partial charge in [-0.3, -0.25) is 14.5 Å². The SMILES string of the molecule is CC(C)CN1CCN2C(=O)[C@H](Cc3ccccc3)NC(=O)[C@H]2C1. The van der Waals surface area contributed by atoms with Gasteiger partial charge in [-0.15, -0.1) is 0 Å². The van der Waals surface area contributed by atoms with E-state index in [2.05, 4.69) is 24.1 Å². The summed E-state index contributed by atoms with van der Waals surface area (Å²) in [7, 11) is 0.